The van der Waals surface area contributed by atoms with Crippen molar-refractivity contribution in [3.8, 4) is 0 Å². The molecule has 3 rings (SSSR count). The molecule has 0 bridgehead atoms. The molecule has 0 radical (unpaired) electrons. The topological polar surface area (TPSA) is 40.5 Å². The lowest BCUT2D eigenvalue weighted by molar-refractivity contribution is -0.177. The molecule has 1 saturated heterocycles. The lowest BCUT2D eigenvalue weighted by atomic mass is 9.78. The Morgan fingerprint density at radius 1 is 1.00 bits per heavy atom. The monoisotopic (exact) mass is 309 g/mol. The normalized spacial score (nSPS) is 21.4. The number of nitrogens with zero attached hydrogens (tertiary/aromatic N) is 1. The molecule has 2 atom stereocenters. The molecule has 1 N–H and O–H groups in total. The maximum absolute atomic E-state index is 12.4. The van der Waals surface area contributed by atoms with Crippen molar-refractivity contribution in [3.63, 3.8) is 0 Å². The summed E-state index contributed by atoms with van der Waals surface area (Å²) in [5.41, 5.74) is 2.51. The van der Waals surface area contributed by atoms with Crippen LogP contribution in [0.4, 0.5) is 0 Å². The number of piperidine rings is 1. The standard InChI is InChI=1S/C20H23NO2/c22-20-19(13-7-10-16-8-3-1-4-9-16)18(14-15-21(20)23)17-11-5-2-6-12-17/h1-6,8-9,11-12,18-19,23H,7,10,13-15H2/t18-,19+/m1/s1. The number of amides is 1. The first kappa shape index (κ1) is 15.8. The molecule has 23 heavy (non-hydrogen) atoms. The molecule has 1 aliphatic heterocycles. The summed E-state index contributed by atoms with van der Waals surface area (Å²) in [5.74, 6) is -0.0408. The van der Waals surface area contributed by atoms with Crippen LogP contribution in [0.1, 0.15) is 36.3 Å². The zero-order chi connectivity index (χ0) is 16.1. The maximum Gasteiger partial charge on any atom is 0.249 e. The molecule has 1 heterocycles. The second kappa shape index (κ2) is 7.42. The Labute approximate surface area is 137 Å². The third-order valence-corrected chi connectivity index (χ3v) is 4.76. The van der Waals surface area contributed by atoms with Gasteiger partial charge in [0.1, 0.15) is 0 Å². The fourth-order valence-electron chi connectivity index (χ4n) is 3.53. The molecular formula is C20H23NO2. The first-order chi connectivity index (χ1) is 11.3. The van der Waals surface area contributed by atoms with Crippen molar-refractivity contribution < 1.29 is 10.0 Å². The van der Waals surface area contributed by atoms with Crippen LogP contribution in [0.25, 0.3) is 0 Å². The molecule has 120 valence electrons. The van der Waals surface area contributed by atoms with E-state index in [4.69, 9.17) is 0 Å². The Kier molecular flexibility index (Phi) is 5.09. The molecule has 3 heteroatoms. The SMILES string of the molecule is O=C1[C@@H](CCCc2ccccc2)[C@@H](c2ccccc2)CCN1O. The summed E-state index contributed by atoms with van der Waals surface area (Å²) < 4.78 is 0. The number of hydrogen-bond donors (Lipinski definition) is 1. The Morgan fingerprint density at radius 3 is 2.35 bits per heavy atom. The molecule has 2 aromatic rings. The van der Waals surface area contributed by atoms with Gasteiger partial charge in [0.15, 0.2) is 0 Å². The Hall–Kier alpha value is -2.13. The van der Waals surface area contributed by atoms with Crippen molar-refractivity contribution in [2.45, 2.75) is 31.6 Å². The average Bonchev–Trinajstić information content (AvgIpc) is 2.60. The molecule has 1 fully saturated rings. The van der Waals surface area contributed by atoms with E-state index in [9.17, 15) is 10.0 Å². The van der Waals surface area contributed by atoms with Crippen LogP contribution >= 0.6 is 0 Å². The Bertz CT molecular complexity index is 627. The molecule has 1 amide bonds. The van der Waals surface area contributed by atoms with Crippen LogP contribution in [0.3, 0.4) is 0 Å². The van der Waals surface area contributed by atoms with Gasteiger partial charge in [-0.2, -0.15) is 0 Å². The number of benzene rings is 2. The Morgan fingerprint density at radius 2 is 1.65 bits per heavy atom. The minimum absolute atomic E-state index is 0.125. The highest BCUT2D eigenvalue weighted by Gasteiger charge is 2.36. The Balaban J connectivity index is 1.68. The van der Waals surface area contributed by atoms with Crippen LogP contribution in [0.15, 0.2) is 60.7 Å². The molecule has 2 aromatic carbocycles. The van der Waals surface area contributed by atoms with Gasteiger partial charge in [-0.25, -0.2) is 5.06 Å². The van der Waals surface area contributed by atoms with Gasteiger partial charge in [0.2, 0.25) is 5.91 Å². The van der Waals surface area contributed by atoms with E-state index in [1.165, 1.54) is 11.1 Å². The molecule has 0 spiro atoms. The van der Waals surface area contributed by atoms with Crippen LogP contribution < -0.4 is 0 Å². The van der Waals surface area contributed by atoms with Gasteiger partial charge in [-0.05, 0) is 42.7 Å². The molecule has 0 saturated carbocycles. The van der Waals surface area contributed by atoms with Gasteiger partial charge >= 0.3 is 0 Å². The van der Waals surface area contributed by atoms with E-state index in [0.717, 1.165) is 30.7 Å². The first-order valence-electron chi connectivity index (χ1n) is 8.35. The summed E-state index contributed by atoms with van der Waals surface area (Å²) >= 11 is 0. The number of hydroxylamine groups is 2. The quantitative estimate of drug-likeness (QED) is 0.847. The summed E-state index contributed by atoms with van der Waals surface area (Å²) in [7, 11) is 0. The third kappa shape index (κ3) is 3.80. The van der Waals surface area contributed by atoms with Crippen molar-refractivity contribution in [3.05, 3.63) is 71.8 Å². The lowest BCUT2D eigenvalue weighted by Crippen LogP contribution is -2.42. The van der Waals surface area contributed by atoms with E-state index in [1.807, 2.05) is 36.4 Å². The van der Waals surface area contributed by atoms with Crippen molar-refractivity contribution in [2.75, 3.05) is 6.54 Å². The second-order valence-electron chi connectivity index (χ2n) is 6.25. The number of rotatable bonds is 5. The van der Waals surface area contributed by atoms with Crippen molar-refractivity contribution >= 4 is 5.91 Å². The van der Waals surface area contributed by atoms with Gasteiger partial charge in [-0.15, -0.1) is 0 Å². The van der Waals surface area contributed by atoms with E-state index in [-0.39, 0.29) is 17.7 Å². The molecule has 0 aliphatic carbocycles. The highest BCUT2D eigenvalue weighted by Crippen LogP contribution is 2.36. The minimum Gasteiger partial charge on any atom is -0.286 e. The summed E-state index contributed by atoms with van der Waals surface area (Å²) in [6, 6.07) is 20.6. The van der Waals surface area contributed by atoms with Crippen molar-refractivity contribution in [1.29, 1.82) is 0 Å². The second-order valence-corrected chi connectivity index (χ2v) is 6.25. The van der Waals surface area contributed by atoms with E-state index in [0.29, 0.717) is 6.54 Å². The van der Waals surface area contributed by atoms with Gasteiger partial charge in [0.05, 0.1) is 0 Å². The fourth-order valence-corrected chi connectivity index (χ4v) is 3.53. The fraction of sp³-hybridized carbons (Fsp3) is 0.350. The van der Waals surface area contributed by atoms with Crippen LogP contribution in [0.5, 0.6) is 0 Å². The summed E-state index contributed by atoms with van der Waals surface area (Å²) in [4.78, 5) is 12.4. The van der Waals surface area contributed by atoms with Crippen LogP contribution in [-0.4, -0.2) is 22.7 Å². The number of carbonyl (C=O) groups excluding carboxylic acids is 1. The van der Waals surface area contributed by atoms with E-state index >= 15 is 0 Å². The molecule has 0 unspecified atom stereocenters. The van der Waals surface area contributed by atoms with Crippen molar-refractivity contribution in [2.24, 2.45) is 5.92 Å². The van der Waals surface area contributed by atoms with Gasteiger partial charge in [0.25, 0.3) is 0 Å². The zero-order valence-corrected chi connectivity index (χ0v) is 13.3. The van der Waals surface area contributed by atoms with Crippen LogP contribution in [-0.2, 0) is 11.2 Å². The van der Waals surface area contributed by atoms with Crippen LogP contribution in [0, 0.1) is 5.92 Å². The average molecular weight is 309 g/mol. The van der Waals surface area contributed by atoms with E-state index in [1.54, 1.807) is 0 Å². The summed E-state index contributed by atoms with van der Waals surface area (Å²) in [6.07, 6.45) is 3.56. The predicted octanol–water partition coefficient (Wildman–Crippen LogP) is 4.03. The minimum atomic E-state index is -0.127. The summed E-state index contributed by atoms with van der Waals surface area (Å²) in [5, 5.41) is 10.7. The predicted molar refractivity (Wildman–Crippen MR) is 90.2 cm³/mol. The lowest BCUT2D eigenvalue weighted by Gasteiger charge is -2.35. The largest absolute Gasteiger partial charge is 0.286 e. The molecule has 0 aromatic heterocycles. The highest BCUT2D eigenvalue weighted by molar-refractivity contribution is 5.79. The van der Waals surface area contributed by atoms with Gasteiger partial charge < -0.3 is 0 Å². The molecular weight excluding hydrogens is 286 g/mol. The molecule has 3 nitrogen and oxygen atoms in total. The van der Waals surface area contributed by atoms with Crippen LogP contribution in [0.2, 0.25) is 0 Å². The molecule has 1 aliphatic rings. The number of carbonyl (C=O) groups is 1. The smallest absolute Gasteiger partial charge is 0.249 e. The maximum atomic E-state index is 12.4. The number of aryl methyl sites for hydroxylation is 1. The van der Waals surface area contributed by atoms with Gasteiger partial charge in [-0.3, -0.25) is 10.0 Å². The van der Waals surface area contributed by atoms with Crippen molar-refractivity contribution in [1.82, 2.24) is 5.06 Å². The van der Waals surface area contributed by atoms with Gasteiger partial charge in [0, 0.05) is 12.5 Å². The summed E-state index contributed by atoms with van der Waals surface area (Å²) in [6.45, 7) is 0.424. The van der Waals surface area contributed by atoms with E-state index < -0.39 is 0 Å². The first-order valence-corrected chi connectivity index (χ1v) is 8.35. The zero-order valence-electron chi connectivity index (χ0n) is 13.3. The third-order valence-electron chi connectivity index (χ3n) is 4.76. The number of hydrogen-bond acceptors (Lipinski definition) is 2. The van der Waals surface area contributed by atoms with E-state index in [2.05, 4.69) is 24.3 Å². The van der Waals surface area contributed by atoms with Gasteiger partial charge in [-0.1, -0.05) is 60.7 Å². The highest BCUT2D eigenvalue weighted by atomic mass is 16.5.